The summed E-state index contributed by atoms with van der Waals surface area (Å²) in [4.78, 5) is 29.2. The van der Waals surface area contributed by atoms with Gasteiger partial charge in [-0.15, -0.1) is 0 Å². The standard InChI is InChI=1S/C21H35N3O3/c1-2-3-4-5-10-24-14-21(27-20(24)26)8-11-23(12-9-21)19(25)17-15-6-7-16(13-15)18(17)22/h15-18H,2-14,22H2,1H3/t15-,16+,17-,18+/m1/s1. The van der Waals surface area contributed by atoms with Crippen LogP contribution in [0.3, 0.4) is 0 Å². The van der Waals surface area contributed by atoms with Gasteiger partial charge >= 0.3 is 6.09 Å². The summed E-state index contributed by atoms with van der Waals surface area (Å²) in [5, 5.41) is 0. The fourth-order valence-electron chi connectivity index (χ4n) is 5.90. The SMILES string of the molecule is CCCCCCN1CC2(CCN(C(=O)[C@@H]3[C@@H]4CC[C@@H](C4)[C@@H]3N)CC2)OC1=O. The van der Waals surface area contributed by atoms with E-state index in [0.717, 1.165) is 38.6 Å². The number of nitrogens with two attached hydrogens (primary N) is 1. The van der Waals surface area contributed by atoms with E-state index in [2.05, 4.69) is 6.92 Å². The first-order valence-corrected chi connectivity index (χ1v) is 11.1. The van der Waals surface area contributed by atoms with Crippen molar-refractivity contribution in [1.82, 2.24) is 9.80 Å². The highest BCUT2D eigenvalue weighted by Gasteiger charge is 2.52. The highest BCUT2D eigenvalue weighted by molar-refractivity contribution is 5.81. The van der Waals surface area contributed by atoms with Gasteiger partial charge in [0.05, 0.1) is 12.5 Å². The molecule has 0 radical (unpaired) electrons. The lowest BCUT2D eigenvalue weighted by Gasteiger charge is -2.40. The highest BCUT2D eigenvalue weighted by Crippen LogP contribution is 2.48. The van der Waals surface area contributed by atoms with E-state index in [1.165, 1.54) is 25.7 Å². The number of rotatable bonds is 6. The molecule has 4 fully saturated rings. The van der Waals surface area contributed by atoms with Crippen molar-refractivity contribution < 1.29 is 14.3 Å². The molecule has 2 saturated heterocycles. The average Bonchev–Trinajstić information content (AvgIpc) is 3.33. The van der Waals surface area contributed by atoms with Gasteiger partial charge in [0, 0.05) is 38.5 Å². The summed E-state index contributed by atoms with van der Waals surface area (Å²) in [5.74, 6) is 1.33. The van der Waals surface area contributed by atoms with Crippen molar-refractivity contribution in [2.75, 3.05) is 26.2 Å². The quantitative estimate of drug-likeness (QED) is 0.722. The summed E-state index contributed by atoms with van der Waals surface area (Å²) in [6, 6.07) is 0.0510. The number of piperidine rings is 1. The summed E-state index contributed by atoms with van der Waals surface area (Å²) >= 11 is 0. The lowest BCUT2D eigenvalue weighted by Crippen LogP contribution is -2.53. The van der Waals surface area contributed by atoms with E-state index in [-0.39, 0.29) is 29.6 Å². The molecule has 6 nitrogen and oxygen atoms in total. The van der Waals surface area contributed by atoms with Gasteiger partial charge in [0.25, 0.3) is 0 Å². The van der Waals surface area contributed by atoms with Crippen LogP contribution in [0.5, 0.6) is 0 Å². The molecule has 4 rings (SSSR count). The molecule has 152 valence electrons. The summed E-state index contributed by atoms with van der Waals surface area (Å²) in [6.45, 7) is 5.06. The summed E-state index contributed by atoms with van der Waals surface area (Å²) < 4.78 is 5.81. The molecule has 2 amide bonds. The second kappa shape index (κ2) is 7.61. The van der Waals surface area contributed by atoms with E-state index in [0.29, 0.717) is 31.5 Å². The Morgan fingerprint density at radius 2 is 1.93 bits per heavy atom. The molecule has 2 N–H and O–H groups in total. The normalized spacial score (nSPS) is 34.5. The van der Waals surface area contributed by atoms with E-state index in [1.54, 1.807) is 0 Å². The zero-order chi connectivity index (χ0) is 19.0. The molecular formula is C21H35N3O3. The number of hydrogen-bond acceptors (Lipinski definition) is 4. The number of amides is 2. The van der Waals surface area contributed by atoms with Gasteiger partial charge in [-0.3, -0.25) is 4.79 Å². The van der Waals surface area contributed by atoms with Crippen molar-refractivity contribution in [1.29, 1.82) is 0 Å². The fraction of sp³-hybridized carbons (Fsp3) is 0.905. The number of unbranched alkanes of at least 4 members (excludes halogenated alkanes) is 3. The minimum atomic E-state index is -0.380. The second-order valence-electron chi connectivity index (χ2n) is 9.29. The molecule has 1 spiro atoms. The Bertz CT molecular complexity index is 571. The van der Waals surface area contributed by atoms with Crippen LogP contribution in [0.15, 0.2) is 0 Å². The lowest BCUT2D eigenvalue weighted by molar-refractivity contribution is -0.141. The average molecular weight is 378 g/mol. The first-order valence-electron chi connectivity index (χ1n) is 11.1. The Morgan fingerprint density at radius 1 is 1.19 bits per heavy atom. The van der Waals surface area contributed by atoms with Crippen molar-refractivity contribution in [3.8, 4) is 0 Å². The third kappa shape index (κ3) is 3.57. The highest BCUT2D eigenvalue weighted by atomic mass is 16.6. The van der Waals surface area contributed by atoms with Crippen molar-refractivity contribution >= 4 is 12.0 Å². The van der Waals surface area contributed by atoms with Crippen LogP contribution in [0.1, 0.15) is 64.7 Å². The molecule has 2 aliphatic carbocycles. The number of carbonyl (C=O) groups excluding carboxylic acids is 2. The molecule has 0 aromatic carbocycles. The van der Waals surface area contributed by atoms with Crippen LogP contribution >= 0.6 is 0 Å². The summed E-state index contributed by atoms with van der Waals surface area (Å²) in [6.07, 6.45) is 9.48. The van der Waals surface area contributed by atoms with E-state index in [4.69, 9.17) is 10.5 Å². The van der Waals surface area contributed by atoms with Crippen LogP contribution in [-0.2, 0) is 9.53 Å². The molecule has 0 unspecified atom stereocenters. The van der Waals surface area contributed by atoms with Gasteiger partial charge in [0.15, 0.2) is 0 Å². The van der Waals surface area contributed by atoms with Gasteiger partial charge in [-0.2, -0.15) is 0 Å². The maximum atomic E-state index is 13.1. The van der Waals surface area contributed by atoms with E-state index >= 15 is 0 Å². The van der Waals surface area contributed by atoms with E-state index in [1.807, 2.05) is 9.80 Å². The molecule has 6 heteroatoms. The van der Waals surface area contributed by atoms with E-state index in [9.17, 15) is 9.59 Å². The number of carbonyl (C=O) groups is 2. The molecule has 27 heavy (non-hydrogen) atoms. The molecule has 0 aromatic rings. The topological polar surface area (TPSA) is 75.9 Å². The van der Waals surface area contributed by atoms with Gasteiger partial charge in [-0.25, -0.2) is 4.79 Å². The Labute approximate surface area is 162 Å². The largest absolute Gasteiger partial charge is 0.441 e. The lowest BCUT2D eigenvalue weighted by atomic mass is 9.83. The van der Waals surface area contributed by atoms with E-state index < -0.39 is 0 Å². The minimum Gasteiger partial charge on any atom is -0.441 e. The molecule has 2 heterocycles. The zero-order valence-corrected chi connectivity index (χ0v) is 16.7. The van der Waals surface area contributed by atoms with Gasteiger partial charge in [0.1, 0.15) is 5.60 Å². The molecule has 2 aliphatic heterocycles. The molecule has 4 atom stereocenters. The minimum absolute atomic E-state index is 0.0268. The molecular weight excluding hydrogens is 342 g/mol. The molecule has 4 aliphatic rings. The summed E-state index contributed by atoms with van der Waals surface area (Å²) in [5.41, 5.74) is 5.99. The Hall–Kier alpha value is -1.30. The Morgan fingerprint density at radius 3 is 2.59 bits per heavy atom. The fourth-order valence-corrected chi connectivity index (χ4v) is 5.90. The van der Waals surface area contributed by atoms with Crippen molar-refractivity contribution in [3.05, 3.63) is 0 Å². The van der Waals surface area contributed by atoms with Gasteiger partial charge in [0.2, 0.25) is 5.91 Å². The Kier molecular flexibility index (Phi) is 5.36. The summed E-state index contributed by atoms with van der Waals surface area (Å²) in [7, 11) is 0. The monoisotopic (exact) mass is 377 g/mol. The van der Waals surface area contributed by atoms with Crippen molar-refractivity contribution in [3.63, 3.8) is 0 Å². The van der Waals surface area contributed by atoms with Crippen molar-refractivity contribution in [2.45, 2.75) is 76.4 Å². The first kappa shape index (κ1) is 19.0. The van der Waals surface area contributed by atoms with Crippen LogP contribution in [0, 0.1) is 17.8 Å². The van der Waals surface area contributed by atoms with Crippen molar-refractivity contribution in [2.24, 2.45) is 23.5 Å². The van der Waals surface area contributed by atoms with Crippen LogP contribution in [-0.4, -0.2) is 59.6 Å². The third-order valence-electron chi connectivity index (χ3n) is 7.57. The zero-order valence-electron chi connectivity index (χ0n) is 16.7. The number of nitrogens with zero attached hydrogens (tertiary/aromatic N) is 2. The van der Waals surface area contributed by atoms with Crippen LogP contribution < -0.4 is 5.73 Å². The Balaban J connectivity index is 1.29. The third-order valence-corrected chi connectivity index (χ3v) is 7.57. The first-order chi connectivity index (χ1) is 13.0. The molecule has 0 aromatic heterocycles. The van der Waals surface area contributed by atoms with Crippen LogP contribution in [0.25, 0.3) is 0 Å². The molecule has 2 bridgehead atoms. The molecule has 2 saturated carbocycles. The van der Waals surface area contributed by atoms with Gasteiger partial charge in [-0.05, 0) is 37.5 Å². The maximum Gasteiger partial charge on any atom is 0.410 e. The maximum absolute atomic E-state index is 13.1. The number of ether oxygens (including phenoxy) is 1. The van der Waals surface area contributed by atoms with Gasteiger partial charge < -0.3 is 20.3 Å². The number of hydrogen-bond donors (Lipinski definition) is 1. The second-order valence-corrected chi connectivity index (χ2v) is 9.29. The number of likely N-dealkylation sites (tertiary alicyclic amines) is 1. The predicted octanol–water partition coefficient (Wildman–Crippen LogP) is 2.75. The smallest absolute Gasteiger partial charge is 0.410 e. The van der Waals surface area contributed by atoms with Crippen LogP contribution in [0.2, 0.25) is 0 Å². The number of fused-ring (bicyclic) bond motifs is 2. The predicted molar refractivity (Wildman–Crippen MR) is 103 cm³/mol. The van der Waals surface area contributed by atoms with Gasteiger partial charge in [-0.1, -0.05) is 26.2 Å². The van der Waals surface area contributed by atoms with Crippen LogP contribution in [0.4, 0.5) is 4.79 Å².